The van der Waals surface area contributed by atoms with Crippen LogP contribution < -0.4 is 0 Å². The number of pyridine rings is 1. The Morgan fingerprint density at radius 1 is 1.50 bits per heavy atom. The van der Waals surface area contributed by atoms with Crippen LogP contribution in [0.15, 0.2) is 30.7 Å². The highest BCUT2D eigenvalue weighted by molar-refractivity contribution is 5.49. The summed E-state index contributed by atoms with van der Waals surface area (Å²) in [5.74, 6) is -0.674. The van der Waals surface area contributed by atoms with Gasteiger partial charge in [0.05, 0.1) is 11.5 Å². The van der Waals surface area contributed by atoms with Gasteiger partial charge in [-0.25, -0.2) is 9.78 Å². The second-order valence-corrected chi connectivity index (χ2v) is 3.98. The predicted molar refractivity (Wildman–Crippen MR) is 64.2 cm³/mol. The fourth-order valence-corrected chi connectivity index (χ4v) is 1.35. The molecule has 1 heterocycles. The first-order valence-electron chi connectivity index (χ1n) is 5.39. The van der Waals surface area contributed by atoms with E-state index in [-0.39, 0.29) is 6.54 Å². The molecule has 0 fully saturated rings. The summed E-state index contributed by atoms with van der Waals surface area (Å²) in [6, 6.07) is 2.50. The first-order chi connectivity index (χ1) is 9.41. The molecule has 0 saturated carbocycles. The summed E-state index contributed by atoms with van der Waals surface area (Å²) in [5.41, 5.74) is 0.471. The molecule has 0 spiro atoms. The molecule has 1 rings (SSSR count). The van der Waals surface area contributed by atoms with Crippen LogP contribution >= 0.6 is 0 Å². The van der Waals surface area contributed by atoms with Crippen molar-refractivity contribution in [1.82, 2.24) is 9.99 Å². The van der Waals surface area contributed by atoms with Crippen LogP contribution in [0.1, 0.15) is 5.56 Å². The van der Waals surface area contributed by atoms with Gasteiger partial charge in [0.15, 0.2) is 6.20 Å². The molecule has 1 unspecified atom stereocenters. The maximum Gasteiger partial charge on any atom is 0.330 e. The van der Waals surface area contributed by atoms with Crippen molar-refractivity contribution in [2.45, 2.75) is 6.54 Å². The normalized spacial score (nSPS) is 13.7. The van der Waals surface area contributed by atoms with Gasteiger partial charge in [0.1, 0.15) is 7.05 Å². The zero-order valence-corrected chi connectivity index (χ0v) is 10.5. The number of quaternary nitrogens is 1. The Kier molecular flexibility index (Phi) is 4.98. The maximum atomic E-state index is 12.7. The largest absolute Gasteiger partial charge is 0.330 e. The van der Waals surface area contributed by atoms with Gasteiger partial charge in [-0.05, 0) is 11.6 Å². The lowest BCUT2D eigenvalue weighted by Gasteiger charge is -2.30. The molecule has 1 aromatic heterocycles. The van der Waals surface area contributed by atoms with Gasteiger partial charge in [0, 0.05) is 6.20 Å². The molecule has 1 atom stereocenters. The number of rotatable bonds is 7. The molecule has 0 aliphatic rings. The van der Waals surface area contributed by atoms with E-state index in [0.29, 0.717) is 24.6 Å². The standard InChI is InChI=1S/C11H12FN4O4/c1-16(9-18,5-4-15(19)20)14(8-17)7-10-2-3-11(12)13-6-10/h2-6,8-9H,7H2,1H3/q+1. The van der Waals surface area contributed by atoms with Gasteiger partial charge in [-0.1, -0.05) is 6.07 Å². The summed E-state index contributed by atoms with van der Waals surface area (Å²) in [5, 5.41) is 11.3. The average molecular weight is 283 g/mol. The summed E-state index contributed by atoms with van der Waals surface area (Å²) in [6.45, 7) is -0.0614. The van der Waals surface area contributed by atoms with E-state index in [9.17, 15) is 24.1 Å². The number of amides is 2. The average Bonchev–Trinajstić information content (AvgIpc) is 2.44. The van der Waals surface area contributed by atoms with Crippen molar-refractivity contribution in [2.75, 3.05) is 7.05 Å². The Morgan fingerprint density at radius 2 is 2.20 bits per heavy atom. The van der Waals surface area contributed by atoms with E-state index in [1.54, 1.807) is 0 Å². The fourth-order valence-electron chi connectivity index (χ4n) is 1.35. The molecule has 8 nitrogen and oxygen atoms in total. The quantitative estimate of drug-likeness (QED) is 0.238. The highest BCUT2D eigenvalue weighted by Crippen LogP contribution is 2.11. The van der Waals surface area contributed by atoms with Gasteiger partial charge in [-0.15, -0.1) is 4.59 Å². The van der Waals surface area contributed by atoms with Gasteiger partial charge in [0.2, 0.25) is 5.95 Å². The Hall–Kier alpha value is -2.68. The van der Waals surface area contributed by atoms with Gasteiger partial charge in [-0.3, -0.25) is 14.9 Å². The third kappa shape index (κ3) is 3.92. The van der Waals surface area contributed by atoms with Crippen LogP contribution in [-0.4, -0.2) is 39.4 Å². The zero-order valence-electron chi connectivity index (χ0n) is 10.5. The number of hydrogen-bond acceptors (Lipinski definition) is 5. The molecule has 0 radical (unpaired) electrons. The smallest absolute Gasteiger partial charge is 0.273 e. The molecule has 0 bridgehead atoms. The topological polar surface area (TPSA) is 93.4 Å². The second kappa shape index (κ2) is 6.48. The Morgan fingerprint density at radius 3 is 2.65 bits per heavy atom. The van der Waals surface area contributed by atoms with E-state index in [4.69, 9.17) is 0 Å². The van der Waals surface area contributed by atoms with Crippen LogP contribution in [0.5, 0.6) is 0 Å². The third-order valence-corrected chi connectivity index (χ3v) is 2.51. The minimum Gasteiger partial charge on any atom is -0.273 e. The van der Waals surface area contributed by atoms with Gasteiger partial charge in [-0.2, -0.15) is 9.40 Å². The van der Waals surface area contributed by atoms with Crippen molar-refractivity contribution >= 4 is 12.8 Å². The van der Waals surface area contributed by atoms with Crippen LogP contribution in [0.25, 0.3) is 0 Å². The first kappa shape index (κ1) is 15.4. The van der Waals surface area contributed by atoms with Crippen molar-refractivity contribution in [3.8, 4) is 0 Å². The molecule has 2 amide bonds. The van der Waals surface area contributed by atoms with Gasteiger partial charge >= 0.3 is 6.41 Å². The van der Waals surface area contributed by atoms with E-state index in [1.807, 2.05) is 0 Å². The summed E-state index contributed by atoms with van der Waals surface area (Å²) in [7, 11) is 1.29. The summed E-state index contributed by atoms with van der Waals surface area (Å²) in [6.07, 6.45) is 3.43. The number of carbonyl (C=O) groups is 2. The van der Waals surface area contributed by atoms with Crippen molar-refractivity contribution in [2.24, 2.45) is 0 Å². The van der Waals surface area contributed by atoms with Crippen LogP contribution in [-0.2, 0) is 16.1 Å². The van der Waals surface area contributed by atoms with E-state index in [0.717, 1.165) is 17.3 Å². The van der Waals surface area contributed by atoms with Crippen LogP contribution in [0.4, 0.5) is 4.39 Å². The molecular weight excluding hydrogens is 271 g/mol. The highest BCUT2D eigenvalue weighted by atomic mass is 19.1. The molecule has 0 aliphatic heterocycles. The van der Waals surface area contributed by atoms with Crippen LogP contribution in [0.3, 0.4) is 0 Å². The van der Waals surface area contributed by atoms with E-state index >= 15 is 0 Å². The van der Waals surface area contributed by atoms with Crippen LogP contribution in [0.2, 0.25) is 0 Å². The minimum absolute atomic E-state index is 0.0614. The monoisotopic (exact) mass is 283 g/mol. The molecule has 1 aromatic rings. The number of halogens is 1. The summed E-state index contributed by atoms with van der Waals surface area (Å²) >= 11 is 0. The highest BCUT2D eigenvalue weighted by Gasteiger charge is 2.29. The van der Waals surface area contributed by atoms with Crippen LogP contribution in [0, 0.1) is 16.1 Å². The van der Waals surface area contributed by atoms with Crippen molar-refractivity contribution in [3.63, 3.8) is 0 Å². The van der Waals surface area contributed by atoms with E-state index in [2.05, 4.69) is 4.98 Å². The Bertz CT molecular complexity index is 534. The zero-order chi connectivity index (χ0) is 15.2. The number of nitro groups is 1. The lowest BCUT2D eigenvalue weighted by molar-refractivity contribution is -0.887. The molecule has 0 N–H and O–H groups in total. The molecular formula is C11H12FN4O4+. The fraction of sp³-hybridized carbons (Fsp3) is 0.182. The molecule has 0 aromatic carbocycles. The van der Waals surface area contributed by atoms with Gasteiger partial charge in [0.25, 0.3) is 12.6 Å². The molecule has 0 saturated heterocycles. The Labute approximate surface area is 113 Å². The summed E-state index contributed by atoms with van der Waals surface area (Å²) in [4.78, 5) is 35.2. The van der Waals surface area contributed by atoms with Crippen molar-refractivity contribution in [3.05, 3.63) is 52.4 Å². The summed E-state index contributed by atoms with van der Waals surface area (Å²) < 4.78 is 11.9. The number of aromatic nitrogens is 1. The SMILES string of the molecule is C[N+](C=O)(C=C[N+](=O)[O-])N(C=O)Cc1ccc(F)nc1. The van der Waals surface area contributed by atoms with E-state index in [1.165, 1.54) is 19.3 Å². The van der Waals surface area contributed by atoms with E-state index < -0.39 is 15.5 Å². The van der Waals surface area contributed by atoms with Crippen molar-refractivity contribution < 1.29 is 23.5 Å². The molecule has 106 valence electrons. The molecule has 9 heteroatoms. The second-order valence-electron chi connectivity index (χ2n) is 3.98. The molecule has 0 aliphatic carbocycles. The predicted octanol–water partition coefficient (Wildman–Crippen LogP) is 0.445. The number of nitrogens with zero attached hydrogens (tertiary/aromatic N) is 4. The first-order valence-corrected chi connectivity index (χ1v) is 5.39. The number of hydrogen-bond donors (Lipinski definition) is 0. The molecule has 20 heavy (non-hydrogen) atoms. The lowest BCUT2D eigenvalue weighted by Crippen LogP contribution is -2.51. The lowest BCUT2D eigenvalue weighted by atomic mass is 10.3. The minimum atomic E-state index is -0.748. The third-order valence-electron chi connectivity index (χ3n) is 2.51. The number of carbonyl (C=O) groups excluding carboxylic acids is 2. The van der Waals surface area contributed by atoms with Gasteiger partial charge < -0.3 is 0 Å². The maximum absolute atomic E-state index is 12.7. The Balaban J connectivity index is 2.97. The van der Waals surface area contributed by atoms with Crippen molar-refractivity contribution in [1.29, 1.82) is 0 Å².